The van der Waals surface area contributed by atoms with Gasteiger partial charge in [-0.25, -0.2) is 4.79 Å². The van der Waals surface area contributed by atoms with Crippen molar-refractivity contribution in [2.45, 2.75) is 37.2 Å². The third-order valence-corrected chi connectivity index (χ3v) is 5.59. The standard InChI is InChI=1S/C21H24N2O3S/c1-22-20(27)21(16-8-7-13-23-14-16)12-6-5-11-18(21)26-19(24)15-25-17-9-3-2-4-10-17/h2-4,7-10,13-14,18H,5-6,11-12,15H2,1H3,(H,22,27)/t18-,21+/m1/s1. The molecular formula is C21H24N2O3S. The lowest BCUT2D eigenvalue weighted by atomic mass is 9.67. The lowest BCUT2D eigenvalue weighted by Gasteiger charge is -2.43. The topological polar surface area (TPSA) is 60.5 Å². The van der Waals surface area contributed by atoms with Crippen molar-refractivity contribution in [1.29, 1.82) is 0 Å². The van der Waals surface area contributed by atoms with Crippen LogP contribution in [-0.4, -0.2) is 35.7 Å². The van der Waals surface area contributed by atoms with Gasteiger partial charge in [0.1, 0.15) is 11.9 Å². The number of nitrogens with one attached hydrogen (secondary N) is 1. The van der Waals surface area contributed by atoms with Crippen LogP contribution >= 0.6 is 12.2 Å². The maximum atomic E-state index is 12.5. The zero-order valence-corrected chi connectivity index (χ0v) is 16.2. The van der Waals surface area contributed by atoms with Crippen molar-refractivity contribution in [3.63, 3.8) is 0 Å². The quantitative estimate of drug-likeness (QED) is 0.608. The first kappa shape index (κ1) is 19.3. The Hall–Kier alpha value is -2.47. The van der Waals surface area contributed by atoms with Gasteiger partial charge in [0.25, 0.3) is 0 Å². The van der Waals surface area contributed by atoms with Crippen LogP contribution in [0.1, 0.15) is 31.2 Å². The van der Waals surface area contributed by atoms with Gasteiger partial charge in [-0.1, -0.05) is 42.9 Å². The molecule has 0 bridgehead atoms. The average Bonchev–Trinajstić information content (AvgIpc) is 2.73. The number of aromatic nitrogens is 1. The first-order valence-corrected chi connectivity index (χ1v) is 9.57. The molecule has 1 aliphatic rings. The summed E-state index contributed by atoms with van der Waals surface area (Å²) in [5.41, 5.74) is 0.421. The highest BCUT2D eigenvalue weighted by molar-refractivity contribution is 7.80. The predicted octanol–water partition coefficient (Wildman–Crippen LogP) is 3.43. The molecule has 1 heterocycles. The van der Waals surface area contributed by atoms with Crippen molar-refractivity contribution in [3.8, 4) is 5.75 Å². The summed E-state index contributed by atoms with van der Waals surface area (Å²) < 4.78 is 11.4. The van der Waals surface area contributed by atoms with E-state index >= 15 is 0 Å². The maximum absolute atomic E-state index is 12.5. The van der Waals surface area contributed by atoms with Crippen LogP contribution in [0, 0.1) is 0 Å². The molecule has 142 valence electrons. The average molecular weight is 385 g/mol. The highest BCUT2D eigenvalue weighted by atomic mass is 32.1. The summed E-state index contributed by atoms with van der Waals surface area (Å²) in [7, 11) is 1.81. The fourth-order valence-corrected chi connectivity index (χ4v) is 4.07. The van der Waals surface area contributed by atoms with Crippen LogP contribution in [0.15, 0.2) is 54.9 Å². The van der Waals surface area contributed by atoms with Gasteiger partial charge in [-0.3, -0.25) is 4.98 Å². The Bertz CT molecular complexity index is 770. The number of rotatable bonds is 6. The Morgan fingerprint density at radius 3 is 2.78 bits per heavy atom. The number of ether oxygens (including phenoxy) is 2. The summed E-state index contributed by atoms with van der Waals surface area (Å²) in [4.78, 5) is 17.4. The van der Waals surface area contributed by atoms with Crippen LogP contribution < -0.4 is 10.1 Å². The van der Waals surface area contributed by atoms with Gasteiger partial charge in [0.2, 0.25) is 0 Å². The zero-order chi connectivity index (χ0) is 19.1. The molecule has 1 aromatic carbocycles. The molecule has 0 amide bonds. The van der Waals surface area contributed by atoms with E-state index in [-0.39, 0.29) is 12.7 Å². The normalized spacial score (nSPS) is 21.9. The van der Waals surface area contributed by atoms with E-state index in [2.05, 4.69) is 10.3 Å². The third-order valence-electron chi connectivity index (χ3n) is 5.02. The molecule has 3 rings (SSSR count). The fraction of sp³-hybridized carbons (Fsp3) is 0.381. The Kier molecular flexibility index (Phi) is 6.40. The molecule has 1 aliphatic carbocycles. The summed E-state index contributed by atoms with van der Waals surface area (Å²) in [6.45, 7) is -0.129. The number of pyridine rings is 1. The lowest BCUT2D eigenvalue weighted by Crippen LogP contribution is -2.54. The van der Waals surface area contributed by atoms with Crippen LogP contribution in [0.3, 0.4) is 0 Å². The van der Waals surface area contributed by atoms with E-state index < -0.39 is 11.4 Å². The van der Waals surface area contributed by atoms with Crippen LogP contribution in [0.5, 0.6) is 5.75 Å². The van der Waals surface area contributed by atoms with E-state index in [0.29, 0.717) is 10.7 Å². The highest BCUT2D eigenvalue weighted by Gasteiger charge is 2.48. The second-order valence-electron chi connectivity index (χ2n) is 6.62. The molecule has 6 heteroatoms. The molecule has 0 spiro atoms. The first-order valence-electron chi connectivity index (χ1n) is 9.17. The molecule has 0 aliphatic heterocycles. The van der Waals surface area contributed by atoms with Gasteiger partial charge in [-0.05, 0) is 43.0 Å². The number of esters is 1. The molecule has 2 aromatic rings. The van der Waals surface area contributed by atoms with Crippen molar-refractivity contribution < 1.29 is 14.3 Å². The van der Waals surface area contributed by atoms with Gasteiger partial charge in [0, 0.05) is 19.4 Å². The molecular weight excluding hydrogens is 360 g/mol. The maximum Gasteiger partial charge on any atom is 0.344 e. The summed E-state index contributed by atoms with van der Waals surface area (Å²) in [6.07, 6.45) is 6.79. The van der Waals surface area contributed by atoms with Gasteiger partial charge in [0.05, 0.1) is 10.4 Å². The summed E-state index contributed by atoms with van der Waals surface area (Å²) in [5, 5.41) is 3.12. The van der Waals surface area contributed by atoms with Gasteiger partial charge in [0.15, 0.2) is 6.61 Å². The molecule has 5 nitrogen and oxygen atoms in total. The number of hydrogen-bond donors (Lipinski definition) is 1. The Morgan fingerprint density at radius 2 is 2.07 bits per heavy atom. The largest absolute Gasteiger partial charge is 0.482 e. The molecule has 27 heavy (non-hydrogen) atoms. The summed E-state index contributed by atoms with van der Waals surface area (Å²) in [5.74, 6) is 0.250. The molecule has 1 N–H and O–H groups in total. The van der Waals surface area contributed by atoms with Crippen molar-refractivity contribution >= 4 is 23.2 Å². The van der Waals surface area contributed by atoms with Gasteiger partial charge >= 0.3 is 5.97 Å². The van der Waals surface area contributed by atoms with Crippen molar-refractivity contribution in [2.75, 3.05) is 13.7 Å². The molecule has 0 radical (unpaired) electrons. The van der Waals surface area contributed by atoms with Gasteiger partial charge < -0.3 is 14.8 Å². The van der Waals surface area contributed by atoms with Crippen molar-refractivity contribution in [1.82, 2.24) is 10.3 Å². The van der Waals surface area contributed by atoms with Crippen LogP contribution in [-0.2, 0) is 14.9 Å². The molecule has 1 saturated carbocycles. The Labute approximate surface area is 165 Å². The first-order chi connectivity index (χ1) is 13.2. The number of carbonyl (C=O) groups is 1. The molecule has 1 fully saturated rings. The SMILES string of the molecule is CNC(=S)[C@]1(c2cccnc2)CCCC[C@H]1OC(=O)COc1ccccc1. The van der Waals surface area contributed by atoms with Crippen molar-refractivity contribution in [2.24, 2.45) is 0 Å². The minimum absolute atomic E-state index is 0.129. The molecule has 0 unspecified atom stereocenters. The smallest absolute Gasteiger partial charge is 0.344 e. The van der Waals surface area contributed by atoms with Crippen LogP contribution in [0.2, 0.25) is 0 Å². The van der Waals surface area contributed by atoms with E-state index in [1.54, 1.807) is 6.20 Å². The Morgan fingerprint density at radius 1 is 1.26 bits per heavy atom. The predicted molar refractivity (Wildman–Crippen MR) is 108 cm³/mol. The van der Waals surface area contributed by atoms with Gasteiger partial charge in [-0.15, -0.1) is 0 Å². The van der Waals surface area contributed by atoms with E-state index in [4.69, 9.17) is 21.7 Å². The molecule has 2 atom stereocenters. The van der Waals surface area contributed by atoms with Crippen LogP contribution in [0.25, 0.3) is 0 Å². The minimum Gasteiger partial charge on any atom is -0.482 e. The highest BCUT2D eigenvalue weighted by Crippen LogP contribution is 2.42. The van der Waals surface area contributed by atoms with Gasteiger partial charge in [-0.2, -0.15) is 0 Å². The fourth-order valence-electron chi connectivity index (χ4n) is 3.72. The number of nitrogens with zero attached hydrogens (tertiary/aromatic N) is 1. The van der Waals surface area contributed by atoms with E-state index in [9.17, 15) is 4.79 Å². The van der Waals surface area contributed by atoms with Crippen LogP contribution in [0.4, 0.5) is 0 Å². The number of benzene rings is 1. The third kappa shape index (κ3) is 4.27. The summed E-state index contributed by atoms with van der Waals surface area (Å²) >= 11 is 5.68. The number of likely N-dealkylation sites (N-methyl/N-ethyl adjacent to an activating group) is 1. The zero-order valence-electron chi connectivity index (χ0n) is 15.4. The molecule has 0 saturated heterocycles. The number of hydrogen-bond acceptors (Lipinski definition) is 5. The van der Waals surface area contributed by atoms with E-state index in [0.717, 1.165) is 31.2 Å². The number of thiocarbonyl (C=S) groups is 1. The monoisotopic (exact) mass is 384 g/mol. The number of carbonyl (C=O) groups excluding carboxylic acids is 1. The number of para-hydroxylation sites is 1. The second kappa shape index (κ2) is 8.95. The Balaban J connectivity index is 1.78. The lowest BCUT2D eigenvalue weighted by molar-refractivity contribution is -0.155. The molecule has 1 aromatic heterocycles. The minimum atomic E-state index is -0.557. The second-order valence-corrected chi connectivity index (χ2v) is 7.03. The summed E-state index contributed by atoms with van der Waals surface area (Å²) in [6, 6.07) is 13.1. The van der Waals surface area contributed by atoms with E-state index in [1.165, 1.54) is 0 Å². The van der Waals surface area contributed by atoms with Crippen molar-refractivity contribution in [3.05, 3.63) is 60.4 Å². The van der Waals surface area contributed by atoms with E-state index in [1.807, 2.05) is 55.7 Å².